The van der Waals surface area contributed by atoms with Gasteiger partial charge in [0.2, 0.25) is 0 Å². The maximum atomic E-state index is 9.87. The first-order valence-electron chi connectivity index (χ1n) is 4.93. The van der Waals surface area contributed by atoms with Crippen LogP contribution in [0.5, 0.6) is 0 Å². The molecule has 2 aromatic heterocycles. The van der Waals surface area contributed by atoms with Crippen LogP contribution in [0, 0.1) is 0 Å². The smallest absolute Gasteiger partial charge is 0.108 e. The Bertz CT molecular complexity index is 474. The standard InChI is InChI=1S/C10H12BrN3O2/c11-2-1-9(15)10(16)6-3-7-8(12-4-6)5-13-14-7/h3-5,9-10,15-16H,1-2H2,(H,13,14). The Morgan fingerprint density at radius 3 is 2.94 bits per heavy atom. The van der Waals surface area contributed by atoms with Gasteiger partial charge in [-0.3, -0.25) is 10.1 Å². The van der Waals surface area contributed by atoms with E-state index in [1.807, 2.05) is 0 Å². The Morgan fingerprint density at radius 2 is 2.19 bits per heavy atom. The minimum atomic E-state index is -0.919. The van der Waals surface area contributed by atoms with Crippen LogP contribution in [0.4, 0.5) is 0 Å². The molecule has 2 atom stereocenters. The van der Waals surface area contributed by atoms with E-state index in [1.54, 1.807) is 18.5 Å². The summed E-state index contributed by atoms with van der Waals surface area (Å²) in [6.45, 7) is 0. The average molecular weight is 286 g/mol. The van der Waals surface area contributed by atoms with E-state index in [0.29, 0.717) is 17.3 Å². The molecule has 0 aromatic carbocycles. The van der Waals surface area contributed by atoms with Crippen LogP contribution in [0.2, 0.25) is 0 Å². The summed E-state index contributed by atoms with van der Waals surface area (Å²) < 4.78 is 0. The number of aliphatic hydroxyl groups is 2. The number of alkyl halides is 1. The molecule has 0 bridgehead atoms. The Labute approximate surface area is 101 Å². The number of rotatable bonds is 4. The molecule has 16 heavy (non-hydrogen) atoms. The second-order valence-corrected chi connectivity index (χ2v) is 4.35. The van der Waals surface area contributed by atoms with Crippen LogP contribution in [0.3, 0.4) is 0 Å². The Morgan fingerprint density at radius 1 is 1.38 bits per heavy atom. The number of nitrogens with zero attached hydrogens (tertiary/aromatic N) is 2. The summed E-state index contributed by atoms with van der Waals surface area (Å²) in [6, 6.07) is 1.75. The first-order chi connectivity index (χ1) is 7.72. The van der Waals surface area contributed by atoms with Crippen LogP contribution in [0.1, 0.15) is 18.1 Å². The van der Waals surface area contributed by atoms with Crippen LogP contribution in [-0.2, 0) is 0 Å². The van der Waals surface area contributed by atoms with E-state index < -0.39 is 12.2 Å². The van der Waals surface area contributed by atoms with Crippen molar-refractivity contribution in [2.45, 2.75) is 18.6 Å². The number of nitrogens with one attached hydrogen (secondary N) is 1. The lowest BCUT2D eigenvalue weighted by Gasteiger charge is -2.16. The second-order valence-electron chi connectivity index (χ2n) is 3.56. The topological polar surface area (TPSA) is 82.0 Å². The van der Waals surface area contributed by atoms with E-state index >= 15 is 0 Å². The number of pyridine rings is 1. The Balaban J connectivity index is 2.24. The molecule has 0 amide bonds. The molecule has 5 nitrogen and oxygen atoms in total. The fraction of sp³-hybridized carbons (Fsp3) is 0.400. The maximum absolute atomic E-state index is 9.87. The molecular weight excluding hydrogens is 274 g/mol. The van der Waals surface area contributed by atoms with Crippen molar-refractivity contribution < 1.29 is 10.2 Å². The molecule has 0 saturated carbocycles. The summed E-state index contributed by atoms with van der Waals surface area (Å²) in [5.74, 6) is 0. The van der Waals surface area contributed by atoms with Gasteiger partial charge in [0.05, 0.1) is 17.8 Å². The van der Waals surface area contributed by atoms with Gasteiger partial charge in [0, 0.05) is 17.1 Å². The number of aromatic amines is 1. The fourth-order valence-electron chi connectivity index (χ4n) is 1.50. The van der Waals surface area contributed by atoms with Crippen molar-refractivity contribution >= 4 is 27.0 Å². The third-order valence-electron chi connectivity index (χ3n) is 2.42. The van der Waals surface area contributed by atoms with Gasteiger partial charge < -0.3 is 10.2 Å². The lowest BCUT2D eigenvalue weighted by atomic mass is 10.0. The van der Waals surface area contributed by atoms with E-state index in [4.69, 9.17) is 0 Å². The van der Waals surface area contributed by atoms with Crippen molar-refractivity contribution in [3.05, 3.63) is 24.0 Å². The molecule has 2 heterocycles. The summed E-state index contributed by atoms with van der Waals surface area (Å²) in [4.78, 5) is 4.13. The van der Waals surface area contributed by atoms with Gasteiger partial charge in [-0.1, -0.05) is 15.9 Å². The molecule has 6 heteroatoms. The average Bonchev–Trinajstić information content (AvgIpc) is 2.75. The summed E-state index contributed by atoms with van der Waals surface area (Å²) in [6.07, 6.45) is 1.95. The van der Waals surface area contributed by atoms with E-state index in [2.05, 4.69) is 31.1 Å². The van der Waals surface area contributed by atoms with Gasteiger partial charge in [-0.05, 0) is 12.5 Å². The third kappa shape index (κ3) is 2.23. The molecule has 3 N–H and O–H groups in total. The minimum Gasteiger partial charge on any atom is -0.390 e. The number of hydrogen-bond donors (Lipinski definition) is 3. The molecule has 0 saturated heterocycles. The lowest BCUT2D eigenvalue weighted by Crippen LogP contribution is -2.18. The molecule has 0 fully saturated rings. The van der Waals surface area contributed by atoms with Crippen LogP contribution in [0.25, 0.3) is 11.0 Å². The number of H-pyrrole nitrogens is 1. The molecule has 86 valence electrons. The highest BCUT2D eigenvalue weighted by molar-refractivity contribution is 9.09. The van der Waals surface area contributed by atoms with Crippen LogP contribution < -0.4 is 0 Å². The Kier molecular flexibility index (Phi) is 3.52. The van der Waals surface area contributed by atoms with Gasteiger partial charge in [-0.25, -0.2) is 0 Å². The zero-order valence-electron chi connectivity index (χ0n) is 8.47. The minimum absolute atomic E-state index is 0.488. The normalized spacial score (nSPS) is 15.2. The highest BCUT2D eigenvalue weighted by Crippen LogP contribution is 2.21. The molecule has 0 aliphatic rings. The van der Waals surface area contributed by atoms with Gasteiger partial charge in [-0.2, -0.15) is 5.10 Å². The second kappa shape index (κ2) is 4.90. The zero-order valence-corrected chi connectivity index (χ0v) is 10.1. The molecule has 0 aliphatic carbocycles. The molecule has 0 aliphatic heterocycles. The number of hydrogen-bond acceptors (Lipinski definition) is 4. The summed E-state index contributed by atoms with van der Waals surface area (Å²) in [7, 11) is 0. The van der Waals surface area contributed by atoms with E-state index in [1.165, 1.54) is 0 Å². The van der Waals surface area contributed by atoms with Crippen molar-refractivity contribution in [2.75, 3.05) is 5.33 Å². The van der Waals surface area contributed by atoms with Crippen molar-refractivity contribution in [1.82, 2.24) is 15.2 Å². The SMILES string of the molecule is OC(CCBr)C(O)c1cnc2cn[nH]c2c1. The molecular formula is C10H12BrN3O2. The number of aromatic nitrogens is 3. The predicted octanol–water partition coefficient (Wildman–Crippen LogP) is 1.14. The third-order valence-corrected chi connectivity index (χ3v) is 2.88. The molecule has 2 unspecified atom stereocenters. The Hall–Kier alpha value is -0.980. The van der Waals surface area contributed by atoms with Gasteiger partial charge in [0.15, 0.2) is 0 Å². The first kappa shape index (κ1) is 11.5. The van der Waals surface area contributed by atoms with Crippen LogP contribution in [0.15, 0.2) is 18.5 Å². The van der Waals surface area contributed by atoms with E-state index in [0.717, 1.165) is 11.0 Å². The first-order valence-corrected chi connectivity index (χ1v) is 6.05. The quantitative estimate of drug-likeness (QED) is 0.736. The van der Waals surface area contributed by atoms with Gasteiger partial charge in [0.25, 0.3) is 0 Å². The lowest BCUT2D eigenvalue weighted by molar-refractivity contribution is 0.0172. The van der Waals surface area contributed by atoms with Gasteiger partial charge >= 0.3 is 0 Å². The highest BCUT2D eigenvalue weighted by Gasteiger charge is 2.18. The largest absolute Gasteiger partial charge is 0.390 e. The zero-order chi connectivity index (χ0) is 11.5. The molecule has 0 radical (unpaired) electrons. The van der Waals surface area contributed by atoms with Crippen molar-refractivity contribution in [3.63, 3.8) is 0 Å². The number of fused-ring (bicyclic) bond motifs is 1. The van der Waals surface area contributed by atoms with Crippen molar-refractivity contribution in [1.29, 1.82) is 0 Å². The van der Waals surface area contributed by atoms with Crippen LogP contribution >= 0.6 is 15.9 Å². The van der Waals surface area contributed by atoms with Crippen LogP contribution in [-0.4, -0.2) is 36.8 Å². The van der Waals surface area contributed by atoms with E-state index in [9.17, 15) is 10.2 Å². The molecule has 0 spiro atoms. The number of halogens is 1. The molecule has 2 rings (SSSR count). The monoisotopic (exact) mass is 285 g/mol. The predicted molar refractivity (Wildman–Crippen MR) is 63.3 cm³/mol. The molecule has 2 aromatic rings. The van der Waals surface area contributed by atoms with Crippen molar-refractivity contribution in [2.24, 2.45) is 0 Å². The summed E-state index contributed by atoms with van der Waals surface area (Å²) in [5, 5.41) is 26.8. The maximum Gasteiger partial charge on any atom is 0.108 e. The van der Waals surface area contributed by atoms with Gasteiger partial charge in [-0.15, -0.1) is 0 Å². The van der Waals surface area contributed by atoms with Gasteiger partial charge in [0.1, 0.15) is 11.6 Å². The summed E-state index contributed by atoms with van der Waals surface area (Å²) in [5.41, 5.74) is 2.08. The highest BCUT2D eigenvalue weighted by atomic mass is 79.9. The van der Waals surface area contributed by atoms with E-state index in [-0.39, 0.29) is 0 Å². The van der Waals surface area contributed by atoms with Crippen molar-refractivity contribution in [3.8, 4) is 0 Å². The number of aliphatic hydroxyl groups excluding tert-OH is 2. The fourth-order valence-corrected chi connectivity index (χ4v) is 1.97. The summed E-state index contributed by atoms with van der Waals surface area (Å²) >= 11 is 3.22.